The van der Waals surface area contributed by atoms with E-state index < -0.39 is 0 Å². The van der Waals surface area contributed by atoms with Crippen molar-refractivity contribution in [2.75, 3.05) is 45.2 Å². The first kappa shape index (κ1) is 17.7. The molecule has 3 atom stereocenters. The van der Waals surface area contributed by atoms with E-state index in [-0.39, 0.29) is 11.9 Å². The van der Waals surface area contributed by atoms with Crippen molar-refractivity contribution in [3.63, 3.8) is 0 Å². The number of carbonyl (C=O) groups is 1. The van der Waals surface area contributed by atoms with Gasteiger partial charge in [-0.1, -0.05) is 11.6 Å². The van der Waals surface area contributed by atoms with Crippen LogP contribution in [-0.2, 0) is 0 Å². The summed E-state index contributed by atoms with van der Waals surface area (Å²) in [6.07, 6.45) is 4.26. The van der Waals surface area contributed by atoms with E-state index in [0.717, 1.165) is 32.5 Å². The Balaban J connectivity index is 1.59. The van der Waals surface area contributed by atoms with Gasteiger partial charge in [0.25, 0.3) is 5.91 Å². The van der Waals surface area contributed by atoms with Gasteiger partial charge in [-0.25, -0.2) is 0 Å². The minimum absolute atomic E-state index is 0.136. The first-order valence-electron chi connectivity index (χ1n) is 9.47. The van der Waals surface area contributed by atoms with Gasteiger partial charge in [-0.15, -0.1) is 0 Å². The predicted molar refractivity (Wildman–Crippen MR) is 102 cm³/mol. The molecule has 4 rings (SSSR count). The van der Waals surface area contributed by atoms with Crippen LogP contribution in [0.1, 0.15) is 36.0 Å². The smallest absolute Gasteiger partial charge is 0.255 e. The number of benzene rings is 1. The molecule has 3 heterocycles. The lowest BCUT2D eigenvalue weighted by Crippen LogP contribution is -2.53. The molecule has 142 valence electrons. The summed E-state index contributed by atoms with van der Waals surface area (Å²) in [7, 11) is 1.56. The van der Waals surface area contributed by atoms with Crippen LogP contribution in [0.15, 0.2) is 6.07 Å². The van der Waals surface area contributed by atoms with Crippen molar-refractivity contribution in [2.24, 2.45) is 5.92 Å². The van der Waals surface area contributed by atoms with Crippen LogP contribution in [0.2, 0.25) is 5.02 Å². The van der Waals surface area contributed by atoms with Gasteiger partial charge in [0.15, 0.2) is 11.5 Å². The number of nitrogens with zero attached hydrogens (tertiary/aromatic N) is 1. The normalized spacial score (nSPS) is 27.4. The van der Waals surface area contributed by atoms with Crippen LogP contribution in [-0.4, -0.2) is 56.7 Å². The third kappa shape index (κ3) is 3.32. The monoisotopic (exact) mass is 379 g/mol. The maximum Gasteiger partial charge on any atom is 0.255 e. The first-order valence-corrected chi connectivity index (χ1v) is 9.85. The Bertz CT molecular complexity index is 697. The largest absolute Gasteiger partial charge is 0.492 e. The lowest BCUT2D eigenvalue weighted by Gasteiger charge is -2.42. The molecule has 7 heteroatoms. The highest BCUT2D eigenvalue weighted by atomic mass is 35.5. The maximum atomic E-state index is 13.0. The van der Waals surface area contributed by atoms with Crippen molar-refractivity contribution in [3.05, 3.63) is 16.7 Å². The second-order valence-corrected chi connectivity index (χ2v) is 7.75. The minimum Gasteiger partial charge on any atom is -0.492 e. The number of anilines is 1. The Morgan fingerprint density at radius 3 is 3.12 bits per heavy atom. The number of carbonyl (C=O) groups excluding carboxylic acids is 1. The van der Waals surface area contributed by atoms with Gasteiger partial charge in [-0.05, 0) is 44.2 Å². The first-order chi connectivity index (χ1) is 12.7. The number of hydrogen-bond donors (Lipinski definition) is 2. The molecule has 2 N–H and O–H groups in total. The molecular weight excluding hydrogens is 354 g/mol. The number of rotatable bonds is 3. The van der Waals surface area contributed by atoms with Gasteiger partial charge >= 0.3 is 0 Å². The molecule has 0 aromatic heterocycles. The highest BCUT2D eigenvalue weighted by Gasteiger charge is 2.34. The summed E-state index contributed by atoms with van der Waals surface area (Å²) in [5.41, 5.74) is 1.15. The van der Waals surface area contributed by atoms with Crippen LogP contribution < -0.4 is 20.1 Å². The van der Waals surface area contributed by atoms with Crippen molar-refractivity contribution in [1.29, 1.82) is 0 Å². The van der Waals surface area contributed by atoms with Gasteiger partial charge in [-0.2, -0.15) is 0 Å². The lowest BCUT2D eigenvalue weighted by molar-refractivity contribution is 0.0736. The van der Waals surface area contributed by atoms with E-state index in [2.05, 4.69) is 15.5 Å². The molecule has 6 nitrogen and oxygen atoms in total. The number of methoxy groups -OCH3 is 1. The fraction of sp³-hybridized carbons (Fsp3) is 0.632. The predicted octanol–water partition coefficient (Wildman–Crippen LogP) is 2.76. The Labute approximate surface area is 159 Å². The summed E-state index contributed by atoms with van der Waals surface area (Å²) in [4.78, 5) is 15.5. The molecule has 0 aliphatic carbocycles. The molecule has 1 aromatic carbocycles. The van der Waals surface area contributed by atoms with Gasteiger partial charge in [0.2, 0.25) is 0 Å². The van der Waals surface area contributed by atoms with E-state index in [1.807, 2.05) is 0 Å². The molecule has 1 aromatic rings. The lowest BCUT2D eigenvalue weighted by atomic mass is 9.85. The van der Waals surface area contributed by atoms with E-state index in [1.54, 1.807) is 13.2 Å². The molecule has 0 radical (unpaired) electrons. The molecular formula is C19H26ClN3O3. The molecule has 1 amide bonds. The Morgan fingerprint density at radius 1 is 1.38 bits per heavy atom. The van der Waals surface area contributed by atoms with E-state index in [1.165, 1.54) is 19.4 Å². The van der Waals surface area contributed by atoms with Gasteiger partial charge in [0.05, 0.1) is 30.0 Å². The standard InChI is InChI=1S/C19H26ClN3O3/c1-25-17-13(10-14(20)16-18(17)26-9-3-6-21-16)19(24)22-15-5-8-23-7-2-4-12(15)11-23/h10,12,15,21H,2-9,11H2,1H3,(H,22,24). The number of nitrogens with one attached hydrogen (secondary N) is 2. The molecule has 0 spiro atoms. The zero-order chi connectivity index (χ0) is 18.1. The van der Waals surface area contributed by atoms with Crippen molar-refractivity contribution >= 4 is 23.2 Å². The Kier molecular flexibility index (Phi) is 5.14. The zero-order valence-corrected chi connectivity index (χ0v) is 15.9. The van der Waals surface area contributed by atoms with E-state index >= 15 is 0 Å². The number of hydrogen-bond acceptors (Lipinski definition) is 5. The summed E-state index contributed by atoms with van der Waals surface area (Å²) in [6, 6.07) is 1.90. The van der Waals surface area contributed by atoms with Crippen LogP contribution in [0.4, 0.5) is 5.69 Å². The summed E-state index contributed by atoms with van der Waals surface area (Å²) < 4.78 is 11.4. The molecule has 3 aliphatic rings. The summed E-state index contributed by atoms with van der Waals surface area (Å²) >= 11 is 6.44. The van der Waals surface area contributed by atoms with Crippen molar-refractivity contribution in [2.45, 2.75) is 31.7 Å². The van der Waals surface area contributed by atoms with Gasteiger partial charge in [0, 0.05) is 25.7 Å². The van der Waals surface area contributed by atoms with Crippen molar-refractivity contribution in [3.8, 4) is 11.5 Å². The highest BCUT2D eigenvalue weighted by Crippen LogP contribution is 2.44. The van der Waals surface area contributed by atoms with E-state index in [0.29, 0.717) is 40.3 Å². The fourth-order valence-electron chi connectivity index (χ4n) is 4.36. The second-order valence-electron chi connectivity index (χ2n) is 7.34. The number of ether oxygens (including phenoxy) is 2. The fourth-order valence-corrected chi connectivity index (χ4v) is 4.62. The number of amides is 1. The Hall–Kier alpha value is -1.66. The van der Waals surface area contributed by atoms with Crippen LogP contribution in [0, 0.1) is 5.92 Å². The third-order valence-corrected chi connectivity index (χ3v) is 5.99. The number of fused-ring (bicyclic) bond motifs is 3. The number of piperidine rings is 2. The summed E-state index contributed by atoms with van der Waals surface area (Å²) in [5, 5.41) is 6.99. The quantitative estimate of drug-likeness (QED) is 0.845. The van der Waals surface area contributed by atoms with Crippen LogP contribution in [0.3, 0.4) is 0 Å². The minimum atomic E-state index is -0.136. The topological polar surface area (TPSA) is 62.8 Å². The zero-order valence-electron chi connectivity index (χ0n) is 15.1. The van der Waals surface area contributed by atoms with Gasteiger partial charge in [-0.3, -0.25) is 4.79 Å². The van der Waals surface area contributed by atoms with Gasteiger partial charge < -0.3 is 25.0 Å². The highest BCUT2D eigenvalue weighted by molar-refractivity contribution is 6.34. The van der Waals surface area contributed by atoms with Gasteiger partial charge in [0.1, 0.15) is 0 Å². The number of halogens is 1. The molecule has 3 unspecified atom stereocenters. The average Bonchev–Trinajstić information content (AvgIpc) is 2.91. The van der Waals surface area contributed by atoms with E-state index in [9.17, 15) is 4.79 Å². The van der Waals surface area contributed by atoms with Crippen molar-refractivity contribution in [1.82, 2.24) is 10.2 Å². The molecule has 3 aliphatic heterocycles. The van der Waals surface area contributed by atoms with Crippen LogP contribution >= 0.6 is 11.6 Å². The summed E-state index contributed by atoms with van der Waals surface area (Å²) in [5.74, 6) is 1.39. The maximum absolute atomic E-state index is 13.0. The van der Waals surface area contributed by atoms with Crippen LogP contribution in [0.25, 0.3) is 0 Å². The second kappa shape index (κ2) is 7.53. The molecule has 2 fully saturated rings. The van der Waals surface area contributed by atoms with E-state index in [4.69, 9.17) is 21.1 Å². The molecule has 0 saturated carbocycles. The van der Waals surface area contributed by atoms with Crippen LogP contribution in [0.5, 0.6) is 11.5 Å². The van der Waals surface area contributed by atoms with Crippen molar-refractivity contribution < 1.29 is 14.3 Å². The SMILES string of the molecule is COc1c(C(=O)NC2CCN3CCCC2C3)cc(Cl)c2c1OCCCN2. The third-order valence-electron chi connectivity index (χ3n) is 5.69. The molecule has 2 bridgehead atoms. The summed E-state index contributed by atoms with van der Waals surface area (Å²) in [6.45, 7) is 4.67. The molecule has 2 saturated heterocycles. The average molecular weight is 380 g/mol. The molecule has 26 heavy (non-hydrogen) atoms. The Morgan fingerprint density at radius 2 is 2.27 bits per heavy atom.